The number of carbonyl (C=O) groups excluding carboxylic acids is 2. The van der Waals surface area contributed by atoms with Gasteiger partial charge in [-0.3, -0.25) is 9.59 Å². The summed E-state index contributed by atoms with van der Waals surface area (Å²) < 4.78 is 15.8. The molecule has 0 aromatic rings. The minimum atomic E-state index is -0.359. The van der Waals surface area contributed by atoms with Gasteiger partial charge in [-0.1, -0.05) is 60.3 Å². The summed E-state index contributed by atoms with van der Waals surface area (Å²) in [6.07, 6.45) is 9.00. The van der Waals surface area contributed by atoms with Gasteiger partial charge in [0, 0.05) is 13.0 Å². The fourth-order valence-corrected chi connectivity index (χ4v) is 5.01. The van der Waals surface area contributed by atoms with E-state index in [0.717, 1.165) is 44.9 Å². The molecule has 5 unspecified atom stereocenters. The topological polar surface area (TPSA) is 82.1 Å². The van der Waals surface area contributed by atoms with E-state index < -0.39 is 0 Å². The van der Waals surface area contributed by atoms with Gasteiger partial charge in [0.1, 0.15) is 6.61 Å². The molecule has 33 heavy (non-hydrogen) atoms. The van der Waals surface area contributed by atoms with Crippen molar-refractivity contribution in [1.82, 2.24) is 0 Å². The first-order valence-electron chi connectivity index (χ1n) is 13.3. The summed E-state index contributed by atoms with van der Waals surface area (Å²) in [5.74, 6) is 2.62. The number of aliphatic hydroxyl groups excluding tert-OH is 1. The van der Waals surface area contributed by atoms with Crippen LogP contribution in [0.5, 0.6) is 0 Å². The molecule has 1 N–H and O–H groups in total. The number of hydrogen-bond donors (Lipinski definition) is 1. The lowest BCUT2D eigenvalue weighted by Crippen LogP contribution is -2.30. The molecule has 0 saturated heterocycles. The Bertz CT molecular complexity index is 547. The maximum Gasteiger partial charge on any atom is 0.311 e. The van der Waals surface area contributed by atoms with Crippen LogP contribution in [0.25, 0.3) is 0 Å². The third-order valence-corrected chi connectivity index (χ3v) is 7.25. The Hall–Kier alpha value is -1.14. The Morgan fingerprint density at radius 3 is 1.79 bits per heavy atom. The summed E-state index contributed by atoms with van der Waals surface area (Å²) in [5.41, 5.74) is 0. The highest BCUT2D eigenvalue weighted by Crippen LogP contribution is 2.35. The van der Waals surface area contributed by atoms with Gasteiger partial charge in [0.05, 0.1) is 18.4 Å². The molecule has 0 aromatic heterocycles. The first kappa shape index (κ1) is 29.9. The Morgan fingerprint density at radius 1 is 0.848 bits per heavy atom. The molecule has 6 heteroatoms. The van der Waals surface area contributed by atoms with E-state index in [1.165, 1.54) is 12.8 Å². The molecule has 5 atom stereocenters. The van der Waals surface area contributed by atoms with Crippen molar-refractivity contribution in [3.05, 3.63) is 0 Å². The van der Waals surface area contributed by atoms with E-state index in [1.54, 1.807) is 0 Å². The van der Waals surface area contributed by atoms with Crippen LogP contribution in [0.1, 0.15) is 99.3 Å². The summed E-state index contributed by atoms with van der Waals surface area (Å²) in [6.45, 7) is 13.5. The zero-order valence-electron chi connectivity index (χ0n) is 22.0. The average molecular weight is 471 g/mol. The fraction of sp³-hybridized carbons (Fsp3) is 0.926. The fourth-order valence-electron chi connectivity index (χ4n) is 5.01. The van der Waals surface area contributed by atoms with Crippen LogP contribution >= 0.6 is 0 Å². The molecule has 194 valence electrons. The molecule has 0 amide bonds. The molecule has 0 spiro atoms. The minimum absolute atomic E-state index is 0.0550. The third-order valence-electron chi connectivity index (χ3n) is 7.25. The molecule has 2 aliphatic rings. The molecule has 2 rings (SSSR count). The highest BCUT2D eigenvalue weighted by Gasteiger charge is 2.31. The van der Waals surface area contributed by atoms with Crippen LogP contribution in [-0.2, 0) is 23.8 Å². The molecule has 0 heterocycles. The lowest BCUT2D eigenvalue weighted by Gasteiger charge is -2.31. The van der Waals surface area contributed by atoms with Gasteiger partial charge in [-0.25, -0.2) is 0 Å². The van der Waals surface area contributed by atoms with E-state index in [2.05, 4.69) is 27.7 Å². The quantitative estimate of drug-likeness (QED) is 0.323. The minimum Gasteiger partial charge on any atom is -0.463 e. The Kier molecular flexibility index (Phi) is 14.9. The molecular formula is C27H50O6. The van der Waals surface area contributed by atoms with Crippen LogP contribution in [0.15, 0.2) is 0 Å². The Labute approximate surface area is 202 Å². The van der Waals surface area contributed by atoms with Crippen molar-refractivity contribution in [1.29, 1.82) is 0 Å². The first-order valence-corrected chi connectivity index (χ1v) is 13.3. The summed E-state index contributed by atoms with van der Waals surface area (Å²) in [7, 11) is 0. The lowest BCUT2D eigenvalue weighted by molar-refractivity contribution is -0.184. The van der Waals surface area contributed by atoms with E-state index in [9.17, 15) is 9.59 Å². The SMILES string of the molecule is CC(C)C1CCCC(C(=O)OCCO)C1.CCOC(CC)OC(=O)C1CCCC(C(C)C)C1. The monoisotopic (exact) mass is 470 g/mol. The van der Waals surface area contributed by atoms with Crippen LogP contribution in [0.2, 0.25) is 0 Å². The summed E-state index contributed by atoms with van der Waals surface area (Å²) in [4.78, 5) is 23.7. The van der Waals surface area contributed by atoms with E-state index in [4.69, 9.17) is 19.3 Å². The van der Waals surface area contributed by atoms with Crippen molar-refractivity contribution in [2.24, 2.45) is 35.5 Å². The van der Waals surface area contributed by atoms with Crippen molar-refractivity contribution >= 4 is 11.9 Å². The number of rotatable bonds is 10. The van der Waals surface area contributed by atoms with Gasteiger partial charge in [0.15, 0.2) is 0 Å². The van der Waals surface area contributed by atoms with Gasteiger partial charge in [-0.2, -0.15) is 0 Å². The van der Waals surface area contributed by atoms with E-state index in [1.807, 2.05) is 13.8 Å². The molecule has 0 aliphatic heterocycles. The summed E-state index contributed by atoms with van der Waals surface area (Å²) in [6, 6.07) is 0. The van der Waals surface area contributed by atoms with E-state index in [0.29, 0.717) is 30.3 Å². The molecular weight excluding hydrogens is 420 g/mol. The van der Waals surface area contributed by atoms with Gasteiger partial charge in [-0.05, 0) is 56.3 Å². The largest absolute Gasteiger partial charge is 0.463 e. The Morgan fingerprint density at radius 2 is 1.36 bits per heavy atom. The molecule has 2 fully saturated rings. The number of carbonyl (C=O) groups is 2. The van der Waals surface area contributed by atoms with Gasteiger partial charge in [-0.15, -0.1) is 0 Å². The number of aliphatic hydroxyl groups is 1. The normalized spacial score (nSPS) is 26.3. The van der Waals surface area contributed by atoms with Crippen LogP contribution in [0.3, 0.4) is 0 Å². The first-order chi connectivity index (χ1) is 15.7. The third kappa shape index (κ3) is 11.2. The van der Waals surface area contributed by atoms with E-state index in [-0.39, 0.29) is 43.3 Å². The molecule has 0 bridgehead atoms. The van der Waals surface area contributed by atoms with Gasteiger partial charge < -0.3 is 19.3 Å². The lowest BCUT2D eigenvalue weighted by atomic mass is 9.76. The van der Waals surface area contributed by atoms with Gasteiger partial charge >= 0.3 is 11.9 Å². The highest BCUT2D eigenvalue weighted by atomic mass is 16.7. The van der Waals surface area contributed by atoms with Crippen molar-refractivity contribution in [2.75, 3.05) is 19.8 Å². The van der Waals surface area contributed by atoms with Crippen LogP contribution in [0, 0.1) is 35.5 Å². The number of ether oxygens (including phenoxy) is 3. The predicted molar refractivity (Wildman–Crippen MR) is 130 cm³/mol. The average Bonchev–Trinajstić information content (AvgIpc) is 2.82. The maximum atomic E-state index is 12.1. The van der Waals surface area contributed by atoms with Gasteiger partial charge in [0.2, 0.25) is 6.29 Å². The second kappa shape index (κ2) is 16.5. The molecule has 2 saturated carbocycles. The molecule has 2 aliphatic carbocycles. The smallest absolute Gasteiger partial charge is 0.311 e. The zero-order chi connectivity index (χ0) is 24.8. The number of esters is 2. The molecule has 6 nitrogen and oxygen atoms in total. The molecule has 0 aromatic carbocycles. The highest BCUT2D eigenvalue weighted by molar-refractivity contribution is 5.73. The second-order valence-electron chi connectivity index (χ2n) is 10.4. The maximum absolute atomic E-state index is 12.1. The van der Waals surface area contributed by atoms with Crippen LogP contribution in [0.4, 0.5) is 0 Å². The standard InChI is InChI=1S/C15H28O3.C12H22O3/c1-5-14(17-6-2)18-15(16)13-9-7-8-12(10-13)11(3)4;1-9(2)10-4-3-5-11(8-10)12(14)15-7-6-13/h11-14H,5-10H2,1-4H3;9-11,13H,3-8H2,1-2H3. The van der Waals surface area contributed by atoms with E-state index >= 15 is 0 Å². The van der Waals surface area contributed by atoms with Crippen molar-refractivity contribution in [2.45, 2.75) is 106 Å². The van der Waals surface area contributed by atoms with Crippen molar-refractivity contribution < 1.29 is 28.9 Å². The van der Waals surface area contributed by atoms with Crippen LogP contribution in [-0.4, -0.2) is 43.2 Å². The summed E-state index contributed by atoms with van der Waals surface area (Å²) in [5, 5.41) is 8.58. The number of hydrogen-bond acceptors (Lipinski definition) is 6. The summed E-state index contributed by atoms with van der Waals surface area (Å²) >= 11 is 0. The Balaban J connectivity index is 0.000000335. The van der Waals surface area contributed by atoms with Crippen LogP contribution < -0.4 is 0 Å². The zero-order valence-corrected chi connectivity index (χ0v) is 22.0. The van der Waals surface area contributed by atoms with Crippen molar-refractivity contribution in [3.8, 4) is 0 Å². The van der Waals surface area contributed by atoms with Crippen molar-refractivity contribution in [3.63, 3.8) is 0 Å². The van der Waals surface area contributed by atoms with Gasteiger partial charge in [0.25, 0.3) is 0 Å². The molecule has 0 radical (unpaired) electrons. The predicted octanol–water partition coefficient (Wildman–Crippen LogP) is 5.75. The second-order valence-corrected chi connectivity index (χ2v) is 10.4.